The Kier molecular flexibility index (Phi) is 5.84. The summed E-state index contributed by atoms with van der Waals surface area (Å²) in [5.41, 5.74) is 0.575. The molecule has 3 rings (SSSR count). The topological polar surface area (TPSA) is 68.2 Å². The van der Waals surface area contributed by atoms with E-state index in [1.807, 2.05) is 25.1 Å². The van der Waals surface area contributed by atoms with Crippen molar-refractivity contribution in [1.29, 1.82) is 0 Å². The fraction of sp³-hybridized carbons (Fsp3) is 0.667. The lowest BCUT2D eigenvalue weighted by molar-refractivity contribution is 0.0470. The van der Waals surface area contributed by atoms with Gasteiger partial charge in [-0.3, -0.25) is 0 Å². The van der Waals surface area contributed by atoms with Crippen LogP contribution >= 0.6 is 0 Å². The molecule has 1 aromatic rings. The van der Waals surface area contributed by atoms with Gasteiger partial charge < -0.3 is 24.2 Å². The lowest BCUT2D eigenvalue weighted by Gasteiger charge is -2.33. The highest BCUT2D eigenvalue weighted by atomic mass is 16.5. The summed E-state index contributed by atoms with van der Waals surface area (Å²) in [6, 6.07) is 5.94. The zero-order valence-electron chi connectivity index (χ0n) is 16.7. The third-order valence-electron chi connectivity index (χ3n) is 6.30. The van der Waals surface area contributed by atoms with Crippen LogP contribution in [0.25, 0.3) is 0 Å². The number of aliphatic hydroxyl groups excluding tert-OH is 1. The number of benzene rings is 1. The molecule has 1 saturated heterocycles. The van der Waals surface area contributed by atoms with Crippen LogP contribution in [-0.2, 0) is 4.74 Å². The number of hydrogen-bond donors (Lipinski definition) is 1. The molecule has 6 nitrogen and oxygen atoms in total. The van der Waals surface area contributed by atoms with Gasteiger partial charge in [-0.15, -0.1) is 0 Å². The fourth-order valence-corrected chi connectivity index (χ4v) is 4.38. The molecular formula is C21H31NO5. The van der Waals surface area contributed by atoms with Crippen molar-refractivity contribution in [3.05, 3.63) is 23.8 Å². The zero-order valence-corrected chi connectivity index (χ0v) is 16.7. The predicted octanol–water partition coefficient (Wildman–Crippen LogP) is 3.57. The Morgan fingerprint density at radius 2 is 1.96 bits per heavy atom. The minimum Gasteiger partial charge on any atom is -0.493 e. The van der Waals surface area contributed by atoms with E-state index in [9.17, 15) is 9.90 Å². The molecular weight excluding hydrogens is 346 g/mol. The molecule has 1 saturated carbocycles. The van der Waals surface area contributed by atoms with Crippen LogP contribution in [0.1, 0.15) is 51.0 Å². The summed E-state index contributed by atoms with van der Waals surface area (Å²) < 4.78 is 16.6. The number of hydrogen-bond acceptors (Lipinski definition) is 5. The highest BCUT2D eigenvalue weighted by Crippen LogP contribution is 2.47. The Labute approximate surface area is 161 Å². The quantitative estimate of drug-likeness (QED) is 0.850. The van der Waals surface area contributed by atoms with Crippen LogP contribution in [0.4, 0.5) is 4.79 Å². The molecule has 2 aliphatic rings. The Morgan fingerprint density at radius 3 is 2.56 bits per heavy atom. The summed E-state index contributed by atoms with van der Waals surface area (Å²) in [6.45, 7) is 4.76. The van der Waals surface area contributed by atoms with Crippen molar-refractivity contribution < 1.29 is 24.1 Å². The normalized spacial score (nSPS) is 26.9. The van der Waals surface area contributed by atoms with E-state index in [4.69, 9.17) is 14.2 Å². The van der Waals surface area contributed by atoms with Crippen LogP contribution < -0.4 is 9.47 Å². The van der Waals surface area contributed by atoms with E-state index in [0.717, 1.165) is 24.2 Å². The summed E-state index contributed by atoms with van der Waals surface area (Å²) in [5.74, 6) is 1.44. The third kappa shape index (κ3) is 3.86. The highest BCUT2D eigenvalue weighted by molar-refractivity contribution is 5.68. The lowest BCUT2D eigenvalue weighted by Crippen LogP contribution is -2.38. The average Bonchev–Trinajstić information content (AvgIpc) is 3.29. The van der Waals surface area contributed by atoms with E-state index in [1.165, 1.54) is 20.0 Å². The van der Waals surface area contributed by atoms with Gasteiger partial charge in [0.15, 0.2) is 11.5 Å². The van der Waals surface area contributed by atoms with Gasteiger partial charge in [0.1, 0.15) is 0 Å². The number of carbonyl (C=O) groups excluding carboxylic acids is 1. The van der Waals surface area contributed by atoms with Crippen molar-refractivity contribution in [2.24, 2.45) is 5.41 Å². The summed E-state index contributed by atoms with van der Waals surface area (Å²) in [6.07, 6.45) is 3.83. The molecule has 1 amide bonds. The maximum Gasteiger partial charge on any atom is 0.409 e. The largest absolute Gasteiger partial charge is 0.493 e. The molecule has 1 aromatic carbocycles. The number of nitrogens with zero attached hydrogens (tertiary/aromatic N) is 1. The predicted molar refractivity (Wildman–Crippen MR) is 102 cm³/mol. The zero-order chi connectivity index (χ0) is 19.6. The van der Waals surface area contributed by atoms with Gasteiger partial charge in [-0.05, 0) is 50.3 Å². The second-order valence-corrected chi connectivity index (χ2v) is 8.02. The molecule has 6 heteroatoms. The summed E-state index contributed by atoms with van der Waals surface area (Å²) in [7, 11) is 3.03. The molecule has 1 aliphatic carbocycles. The maximum absolute atomic E-state index is 12.1. The van der Waals surface area contributed by atoms with E-state index in [-0.39, 0.29) is 18.1 Å². The molecule has 150 valence electrons. The molecule has 1 unspecified atom stereocenters. The Hall–Kier alpha value is -1.95. The van der Waals surface area contributed by atoms with E-state index >= 15 is 0 Å². The van der Waals surface area contributed by atoms with Gasteiger partial charge in [0.25, 0.3) is 0 Å². The monoisotopic (exact) mass is 377 g/mol. The van der Waals surface area contributed by atoms with Crippen LogP contribution in [-0.4, -0.2) is 55.6 Å². The number of methoxy groups -OCH3 is 2. The van der Waals surface area contributed by atoms with Crippen molar-refractivity contribution in [2.45, 2.75) is 57.7 Å². The molecule has 0 spiro atoms. The number of aliphatic hydroxyl groups is 1. The molecule has 1 aliphatic heterocycles. The van der Waals surface area contributed by atoms with Crippen LogP contribution in [0.2, 0.25) is 0 Å². The third-order valence-corrected chi connectivity index (χ3v) is 6.30. The second kappa shape index (κ2) is 7.97. The SMILES string of the molecule is COC(=O)N1C[C@H](c2ccc(OC)c(OC3CCCC3)c2)[C@@](C)(C(C)O)C1. The van der Waals surface area contributed by atoms with Gasteiger partial charge in [0.2, 0.25) is 0 Å². The number of carbonyl (C=O) groups is 1. The van der Waals surface area contributed by atoms with Crippen molar-refractivity contribution in [2.75, 3.05) is 27.3 Å². The van der Waals surface area contributed by atoms with Crippen LogP contribution in [0.3, 0.4) is 0 Å². The molecule has 0 aromatic heterocycles. The number of amides is 1. The van der Waals surface area contributed by atoms with Gasteiger partial charge in [0, 0.05) is 24.4 Å². The van der Waals surface area contributed by atoms with Crippen molar-refractivity contribution >= 4 is 6.09 Å². The van der Waals surface area contributed by atoms with Gasteiger partial charge in [-0.1, -0.05) is 13.0 Å². The molecule has 2 fully saturated rings. The second-order valence-electron chi connectivity index (χ2n) is 8.02. The van der Waals surface area contributed by atoms with Gasteiger partial charge in [-0.2, -0.15) is 0 Å². The van der Waals surface area contributed by atoms with E-state index < -0.39 is 11.5 Å². The molecule has 27 heavy (non-hydrogen) atoms. The Balaban J connectivity index is 1.91. The number of rotatable bonds is 5. The minimum atomic E-state index is -0.571. The molecule has 1 heterocycles. The first-order valence-corrected chi connectivity index (χ1v) is 9.74. The molecule has 3 atom stereocenters. The summed E-state index contributed by atoms with van der Waals surface area (Å²) in [4.78, 5) is 13.7. The Bertz CT molecular complexity index is 671. The maximum atomic E-state index is 12.1. The van der Waals surface area contributed by atoms with Gasteiger partial charge >= 0.3 is 6.09 Å². The minimum absolute atomic E-state index is 0.0200. The van der Waals surface area contributed by atoms with Crippen molar-refractivity contribution in [1.82, 2.24) is 4.90 Å². The molecule has 0 bridgehead atoms. The standard InChI is InChI=1S/C21H31NO5/c1-14(23)21(2)13-22(20(24)26-4)12-17(21)15-9-10-18(25-3)19(11-15)27-16-7-5-6-8-16/h9-11,14,16-17,23H,5-8,12-13H2,1-4H3/t14?,17-,21-/m1/s1. The number of likely N-dealkylation sites (tertiary alicyclic amines) is 1. The first-order valence-electron chi connectivity index (χ1n) is 9.74. The van der Waals surface area contributed by atoms with E-state index in [0.29, 0.717) is 18.8 Å². The first kappa shape index (κ1) is 19.8. The molecule has 1 N–H and O–H groups in total. The Morgan fingerprint density at radius 1 is 1.26 bits per heavy atom. The average molecular weight is 377 g/mol. The van der Waals surface area contributed by atoms with Crippen molar-refractivity contribution in [3.8, 4) is 11.5 Å². The van der Waals surface area contributed by atoms with Crippen LogP contribution in [0, 0.1) is 5.41 Å². The first-order chi connectivity index (χ1) is 12.9. The van der Waals surface area contributed by atoms with E-state index in [1.54, 1.807) is 18.9 Å². The highest BCUT2D eigenvalue weighted by Gasteiger charge is 2.48. The fourth-order valence-electron chi connectivity index (χ4n) is 4.38. The molecule has 0 radical (unpaired) electrons. The van der Waals surface area contributed by atoms with Crippen LogP contribution in [0.15, 0.2) is 18.2 Å². The number of ether oxygens (including phenoxy) is 3. The summed E-state index contributed by atoms with van der Waals surface area (Å²) in [5, 5.41) is 10.5. The van der Waals surface area contributed by atoms with Gasteiger partial charge in [0.05, 0.1) is 26.4 Å². The summed E-state index contributed by atoms with van der Waals surface area (Å²) >= 11 is 0. The van der Waals surface area contributed by atoms with Gasteiger partial charge in [-0.25, -0.2) is 4.79 Å². The van der Waals surface area contributed by atoms with Crippen molar-refractivity contribution in [3.63, 3.8) is 0 Å². The smallest absolute Gasteiger partial charge is 0.409 e. The lowest BCUT2D eigenvalue weighted by atomic mass is 9.72. The van der Waals surface area contributed by atoms with E-state index in [2.05, 4.69) is 0 Å². The van der Waals surface area contributed by atoms with Crippen LogP contribution in [0.5, 0.6) is 11.5 Å².